The summed E-state index contributed by atoms with van der Waals surface area (Å²) in [5.41, 5.74) is 0.913. The Balaban J connectivity index is 1.89. The van der Waals surface area contributed by atoms with Gasteiger partial charge in [0.15, 0.2) is 0 Å². The van der Waals surface area contributed by atoms with Gasteiger partial charge >= 0.3 is 0 Å². The van der Waals surface area contributed by atoms with E-state index in [4.69, 9.17) is 0 Å². The van der Waals surface area contributed by atoms with Crippen LogP contribution in [0.4, 0.5) is 5.69 Å². The van der Waals surface area contributed by atoms with E-state index in [9.17, 15) is 4.79 Å². The quantitative estimate of drug-likeness (QED) is 0.908. The fraction of sp³-hybridized carbons (Fsp3) is 0.714. The summed E-state index contributed by atoms with van der Waals surface area (Å²) in [6, 6.07) is 0.787. The smallest absolute Gasteiger partial charge is 0.283 e. The second kappa shape index (κ2) is 5.48. The van der Waals surface area contributed by atoms with Crippen LogP contribution in [0.15, 0.2) is 15.5 Å². The summed E-state index contributed by atoms with van der Waals surface area (Å²) in [6.45, 7) is 6.91. The van der Waals surface area contributed by atoms with Gasteiger partial charge in [-0.3, -0.25) is 4.79 Å². The molecule has 1 saturated heterocycles. The van der Waals surface area contributed by atoms with E-state index in [1.165, 1.54) is 12.8 Å². The van der Waals surface area contributed by atoms with Gasteiger partial charge in [0.2, 0.25) is 0 Å². The maximum Gasteiger partial charge on any atom is 0.283 e. The highest BCUT2D eigenvalue weighted by atomic mass is 79.9. The second-order valence-corrected chi connectivity index (χ2v) is 6.88. The van der Waals surface area contributed by atoms with Crippen LogP contribution in [0.1, 0.15) is 26.7 Å². The molecule has 3 rings (SSSR count). The van der Waals surface area contributed by atoms with Crippen molar-refractivity contribution in [2.75, 3.05) is 18.0 Å². The highest BCUT2D eigenvalue weighted by Crippen LogP contribution is 2.30. The van der Waals surface area contributed by atoms with Crippen LogP contribution in [0, 0.1) is 5.92 Å². The van der Waals surface area contributed by atoms with Gasteiger partial charge in [-0.25, -0.2) is 4.68 Å². The summed E-state index contributed by atoms with van der Waals surface area (Å²) in [4.78, 5) is 14.7. The van der Waals surface area contributed by atoms with E-state index < -0.39 is 0 Å². The topological polar surface area (TPSA) is 50.2 Å². The van der Waals surface area contributed by atoms with E-state index in [1.54, 1.807) is 4.68 Å². The van der Waals surface area contributed by atoms with Crippen LogP contribution in [0.2, 0.25) is 0 Å². The molecule has 0 spiro atoms. The number of halogens is 1. The van der Waals surface area contributed by atoms with E-state index in [0.717, 1.165) is 25.3 Å². The maximum absolute atomic E-state index is 12.4. The molecule has 5 nitrogen and oxygen atoms in total. The Labute approximate surface area is 127 Å². The molecule has 0 aromatic carbocycles. The van der Waals surface area contributed by atoms with Gasteiger partial charge in [0.25, 0.3) is 5.56 Å². The van der Waals surface area contributed by atoms with Gasteiger partial charge in [0.05, 0.1) is 11.9 Å². The van der Waals surface area contributed by atoms with Crippen LogP contribution in [-0.4, -0.2) is 35.0 Å². The molecular formula is C14H21BrN4O. The van der Waals surface area contributed by atoms with Gasteiger partial charge in [-0.05, 0) is 48.5 Å². The first-order valence-electron chi connectivity index (χ1n) is 7.32. The Kier molecular flexibility index (Phi) is 3.86. The molecule has 2 aliphatic rings. The van der Waals surface area contributed by atoms with Gasteiger partial charge in [-0.2, -0.15) is 5.10 Å². The zero-order chi connectivity index (χ0) is 14.3. The third-order valence-corrected chi connectivity index (χ3v) is 4.91. The predicted octanol–water partition coefficient (Wildman–Crippen LogP) is 1.60. The average molecular weight is 341 g/mol. The van der Waals surface area contributed by atoms with E-state index in [0.29, 0.717) is 22.5 Å². The Morgan fingerprint density at radius 2 is 2.20 bits per heavy atom. The number of hydrogen-bond acceptors (Lipinski definition) is 4. The van der Waals surface area contributed by atoms with Crippen molar-refractivity contribution in [1.82, 2.24) is 15.1 Å². The summed E-state index contributed by atoms with van der Waals surface area (Å²) in [6.07, 6.45) is 4.28. The molecule has 1 aliphatic heterocycles. The average Bonchev–Trinajstić information content (AvgIpc) is 3.23. The zero-order valence-electron chi connectivity index (χ0n) is 12.0. The molecule has 0 bridgehead atoms. The second-order valence-electron chi connectivity index (χ2n) is 6.09. The normalized spacial score (nSPS) is 26.9. The first kappa shape index (κ1) is 14.1. The molecule has 110 valence electrons. The molecule has 0 amide bonds. The molecule has 6 heteroatoms. The summed E-state index contributed by atoms with van der Waals surface area (Å²) in [7, 11) is 0. The number of aromatic nitrogens is 2. The van der Waals surface area contributed by atoms with Crippen molar-refractivity contribution in [1.29, 1.82) is 0 Å². The van der Waals surface area contributed by atoms with Gasteiger partial charge in [0.1, 0.15) is 4.47 Å². The molecule has 1 saturated carbocycles. The molecule has 2 fully saturated rings. The van der Waals surface area contributed by atoms with Crippen molar-refractivity contribution in [2.45, 2.75) is 45.3 Å². The molecular weight excluding hydrogens is 320 g/mol. The van der Waals surface area contributed by atoms with Crippen molar-refractivity contribution in [2.24, 2.45) is 5.92 Å². The van der Waals surface area contributed by atoms with E-state index >= 15 is 0 Å². The number of nitrogens with one attached hydrogen (secondary N) is 1. The maximum atomic E-state index is 12.4. The van der Waals surface area contributed by atoms with Crippen molar-refractivity contribution < 1.29 is 0 Å². The Morgan fingerprint density at radius 1 is 1.45 bits per heavy atom. The van der Waals surface area contributed by atoms with E-state index in [1.807, 2.05) is 6.20 Å². The van der Waals surface area contributed by atoms with Crippen molar-refractivity contribution in [3.8, 4) is 0 Å². The van der Waals surface area contributed by atoms with Gasteiger partial charge in [-0.15, -0.1) is 0 Å². The Hall–Kier alpha value is -0.880. The Bertz CT molecular complexity index is 555. The number of rotatable bonds is 3. The zero-order valence-corrected chi connectivity index (χ0v) is 13.6. The number of anilines is 1. The van der Waals surface area contributed by atoms with E-state index in [-0.39, 0.29) is 5.56 Å². The monoisotopic (exact) mass is 340 g/mol. The molecule has 2 heterocycles. The van der Waals surface area contributed by atoms with Crippen LogP contribution in [0.25, 0.3) is 0 Å². The SMILES string of the molecule is CC1CN(c2cnn(CC3CC3)c(=O)c2Br)C(C)CN1. The van der Waals surface area contributed by atoms with Gasteiger partial charge in [-0.1, -0.05) is 0 Å². The fourth-order valence-electron chi connectivity index (χ4n) is 2.69. The van der Waals surface area contributed by atoms with Crippen molar-refractivity contribution in [3.63, 3.8) is 0 Å². The minimum Gasteiger partial charge on any atom is -0.364 e. The number of nitrogens with zero attached hydrogens (tertiary/aromatic N) is 3. The van der Waals surface area contributed by atoms with Crippen LogP contribution >= 0.6 is 15.9 Å². The highest BCUT2D eigenvalue weighted by Gasteiger charge is 2.27. The lowest BCUT2D eigenvalue weighted by atomic mass is 10.1. The van der Waals surface area contributed by atoms with Crippen LogP contribution < -0.4 is 15.8 Å². The number of hydrogen-bond donors (Lipinski definition) is 1. The van der Waals surface area contributed by atoms with Crippen LogP contribution in [-0.2, 0) is 6.54 Å². The molecule has 0 radical (unpaired) electrons. The van der Waals surface area contributed by atoms with Crippen molar-refractivity contribution >= 4 is 21.6 Å². The third kappa shape index (κ3) is 2.76. The molecule has 2 atom stereocenters. The lowest BCUT2D eigenvalue weighted by Crippen LogP contribution is -2.55. The molecule has 2 unspecified atom stereocenters. The minimum atomic E-state index is -0.00668. The highest BCUT2D eigenvalue weighted by molar-refractivity contribution is 9.10. The molecule has 1 aliphatic carbocycles. The van der Waals surface area contributed by atoms with Crippen LogP contribution in [0.5, 0.6) is 0 Å². The summed E-state index contributed by atoms with van der Waals surface area (Å²) in [5, 5.41) is 7.82. The first-order valence-corrected chi connectivity index (χ1v) is 8.11. The molecule has 1 N–H and O–H groups in total. The van der Waals surface area contributed by atoms with Gasteiger partial charge in [0, 0.05) is 31.7 Å². The van der Waals surface area contributed by atoms with Crippen molar-refractivity contribution in [3.05, 3.63) is 21.0 Å². The van der Waals surface area contributed by atoms with Gasteiger partial charge < -0.3 is 10.2 Å². The molecule has 20 heavy (non-hydrogen) atoms. The minimum absolute atomic E-state index is 0.00668. The lowest BCUT2D eigenvalue weighted by molar-refractivity contribution is 0.423. The first-order chi connectivity index (χ1) is 9.56. The lowest BCUT2D eigenvalue weighted by Gasteiger charge is -2.39. The predicted molar refractivity (Wildman–Crippen MR) is 83.2 cm³/mol. The standard InChI is InChI=1S/C14H21BrN4O/c1-9-7-18(10(2)5-16-9)12-6-17-19(8-11-3-4-11)14(20)13(12)15/h6,9-11,16H,3-5,7-8H2,1-2H3. The molecule has 1 aromatic rings. The van der Waals surface area contributed by atoms with Crippen LogP contribution in [0.3, 0.4) is 0 Å². The largest absolute Gasteiger partial charge is 0.364 e. The number of piperazine rings is 1. The van der Waals surface area contributed by atoms with E-state index in [2.05, 4.69) is 45.1 Å². The summed E-state index contributed by atoms with van der Waals surface area (Å²) >= 11 is 3.49. The molecule has 1 aromatic heterocycles. The Morgan fingerprint density at radius 3 is 2.90 bits per heavy atom. The third-order valence-electron chi connectivity index (χ3n) is 4.17. The summed E-state index contributed by atoms with van der Waals surface area (Å²) < 4.78 is 2.25. The fourth-order valence-corrected chi connectivity index (χ4v) is 3.22. The summed E-state index contributed by atoms with van der Waals surface area (Å²) in [5.74, 6) is 0.649.